The van der Waals surface area contributed by atoms with Gasteiger partial charge in [0.25, 0.3) is 0 Å². The molecule has 1 aromatic rings. The second kappa shape index (κ2) is 7.01. The summed E-state index contributed by atoms with van der Waals surface area (Å²) in [5, 5.41) is 9.61. The van der Waals surface area contributed by atoms with Crippen molar-refractivity contribution in [1.29, 1.82) is 5.26 Å². The van der Waals surface area contributed by atoms with Gasteiger partial charge >= 0.3 is 0 Å². The lowest BCUT2D eigenvalue weighted by atomic mass is 9.96. The number of hydrogen-bond donors (Lipinski definition) is 1. The van der Waals surface area contributed by atoms with Gasteiger partial charge in [-0.25, -0.2) is 13.1 Å². The van der Waals surface area contributed by atoms with Crippen LogP contribution >= 0.6 is 23.4 Å². The molecule has 0 amide bonds. The van der Waals surface area contributed by atoms with Crippen LogP contribution < -0.4 is 4.72 Å². The maximum Gasteiger partial charge on any atom is 0.240 e. The lowest BCUT2D eigenvalue weighted by molar-refractivity contribution is 0.420. The summed E-state index contributed by atoms with van der Waals surface area (Å²) in [6.07, 6.45) is 5.86. The third kappa shape index (κ3) is 4.13. The smallest absolute Gasteiger partial charge is 0.208 e. The second-order valence-corrected chi connectivity index (χ2v) is 8.34. The van der Waals surface area contributed by atoms with Crippen LogP contribution in [0.25, 0.3) is 0 Å². The quantitative estimate of drug-likeness (QED) is 0.910. The van der Waals surface area contributed by atoms with Crippen molar-refractivity contribution in [1.82, 2.24) is 4.72 Å². The molecule has 7 heteroatoms. The van der Waals surface area contributed by atoms with E-state index in [-0.39, 0.29) is 21.5 Å². The van der Waals surface area contributed by atoms with Crippen molar-refractivity contribution in [3.63, 3.8) is 0 Å². The number of nitrogens with one attached hydrogen (secondary N) is 1. The molecule has 0 heterocycles. The highest BCUT2D eigenvalue weighted by Gasteiger charge is 2.25. The Balaban J connectivity index is 2.09. The molecule has 0 spiro atoms. The van der Waals surface area contributed by atoms with Crippen LogP contribution in [0.1, 0.15) is 31.2 Å². The molecule has 1 fully saturated rings. The molecule has 2 rings (SSSR count). The van der Waals surface area contributed by atoms with Gasteiger partial charge < -0.3 is 0 Å². The first-order valence-corrected chi connectivity index (χ1v) is 9.86. The molecule has 1 aromatic carbocycles. The van der Waals surface area contributed by atoms with Crippen LogP contribution in [0.15, 0.2) is 23.1 Å². The number of thioether (sulfide) groups is 1. The van der Waals surface area contributed by atoms with Gasteiger partial charge in [-0.3, -0.25) is 0 Å². The van der Waals surface area contributed by atoms with Crippen LogP contribution in [0, 0.1) is 11.3 Å². The Morgan fingerprint density at radius 3 is 2.52 bits per heavy atom. The van der Waals surface area contributed by atoms with Gasteiger partial charge in [-0.15, -0.1) is 0 Å². The highest BCUT2D eigenvalue weighted by atomic mass is 35.5. The highest BCUT2D eigenvalue weighted by Crippen LogP contribution is 2.28. The minimum Gasteiger partial charge on any atom is -0.208 e. The normalized spacial score (nSPS) is 22.7. The van der Waals surface area contributed by atoms with E-state index < -0.39 is 10.0 Å². The van der Waals surface area contributed by atoms with E-state index in [9.17, 15) is 8.42 Å². The fraction of sp³-hybridized carbons (Fsp3) is 0.500. The Morgan fingerprint density at radius 1 is 1.33 bits per heavy atom. The van der Waals surface area contributed by atoms with Gasteiger partial charge in [-0.1, -0.05) is 11.6 Å². The average molecular weight is 345 g/mol. The lowest BCUT2D eigenvalue weighted by Gasteiger charge is -2.27. The number of hydrogen-bond acceptors (Lipinski definition) is 4. The monoisotopic (exact) mass is 344 g/mol. The zero-order valence-corrected chi connectivity index (χ0v) is 14.1. The van der Waals surface area contributed by atoms with Crippen LogP contribution in [-0.4, -0.2) is 26.0 Å². The molecule has 0 atom stereocenters. The molecular formula is C14H17ClN2O2S2. The van der Waals surface area contributed by atoms with Gasteiger partial charge in [-0.05, 0) is 50.1 Å². The zero-order chi connectivity index (χ0) is 15.5. The predicted molar refractivity (Wildman–Crippen MR) is 86.0 cm³/mol. The molecular weight excluding hydrogens is 328 g/mol. The third-order valence-corrected chi connectivity index (χ3v) is 6.67. The lowest BCUT2D eigenvalue weighted by Crippen LogP contribution is -2.38. The Kier molecular flexibility index (Phi) is 5.55. The highest BCUT2D eigenvalue weighted by molar-refractivity contribution is 7.99. The molecule has 0 aliphatic heterocycles. The van der Waals surface area contributed by atoms with Crippen molar-refractivity contribution in [2.45, 2.75) is 41.9 Å². The van der Waals surface area contributed by atoms with Crippen molar-refractivity contribution in [2.24, 2.45) is 0 Å². The van der Waals surface area contributed by atoms with Crippen molar-refractivity contribution in [2.75, 3.05) is 6.26 Å². The molecule has 0 bridgehead atoms. The summed E-state index contributed by atoms with van der Waals surface area (Å²) >= 11 is 7.74. The molecule has 4 nitrogen and oxygen atoms in total. The average Bonchev–Trinajstić information content (AvgIpc) is 2.47. The van der Waals surface area contributed by atoms with E-state index >= 15 is 0 Å². The van der Waals surface area contributed by atoms with Gasteiger partial charge in [-0.2, -0.15) is 17.0 Å². The van der Waals surface area contributed by atoms with E-state index in [0.29, 0.717) is 5.25 Å². The topological polar surface area (TPSA) is 70.0 Å². The Labute approximate surface area is 134 Å². The largest absolute Gasteiger partial charge is 0.240 e. The minimum atomic E-state index is -3.58. The minimum absolute atomic E-state index is 0.0205. The molecule has 1 aliphatic rings. The molecule has 114 valence electrons. The van der Waals surface area contributed by atoms with E-state index in [2.05, 4.69) is 11.0 Å². The number of nitrogens with zero attached hydrogens (tertiary/aromatic N) is 1. The Bertz CT molecular complexity index is 647. The van der Waals surface area contributed by atoms with Gasteiger partial charge in [0.1, 0.15) is 6.07 Å². The van der Waals surface area contributed by atoms with Crippen LogP contribution in [0.4, 0.5) is 0 Å². The number of rotatable bonds is 4. The number of halogens is 1. The number of sulfonamides is 1. The third-order valence-electron chi connectivity index (χ3n) is 3.70. The van der Waals surface area contributed by atoms with Gasteiger partial charge in [0, 0.05) is 11.3 Å². The molecule has 1 saturated carbocycles. The van der Waals surface area contributed by atoms with E-state index in [1.807, 2.05) is 17.8 Å². The first-order chi connectivity index (χ1) is 9.96. The fourth-order valence-corrected chi connectivity index (χ4v) is 4.82. The molecule has 21 heavy (non-hydrogen) atoms. The van der Waals surface area contributed by atoms with Crippen LogP contribution in [0.3, 0.4) is 0 Å². The summed E-state index contributed by atoms with van der Waals surface area (Å²) in [6, 6.07) is 6.07. The molecule has 1 aliphatic carbocycles. The maximum atomic E-state index is 12.3. The zero-order valence-electron chi connectivity index (χ0n) is 11.7. The van der Waals surface area contributed by atoms with E-state index in [0.717, 1.165) is 25.7 Å². The summed E-state index contributed by atoms with van der Waals surface area (Å²) in [5.41, 5.74) is 0.274. The predicted octanol–water partition coefficient (Wildman–Crippen LogP) is 3.16. The molecule has 1 N–H and O–H groups in total. The van der Waals surface area contributed by atoms with Gasteiger partial charge in [0.2, 0.25) is 10.0 Å². The molecule has 0 unspecified atom stereocenters. The van der Waals surface area contributed by atoms with Gasteiger partial charge in [0.15, 0.2) is 0 Å². The summed E-state index contributed by atoms with van der Waals surface area (Å²) in [6.45, 7) is 0. The number of benzene rings is 1. The van der Waals surface area contributed by atoms with E-state index in [4.69, 9.17) is 16.9 Å². The first kappa shape index (κ1) is 16.6. The maximum absolute atomic E-state index is 12.3. The second-order valence-electron chi connectivity index (χ2n) is 5.08. The van der Waals surface area contributed by atoms with Crippen molar-refractivity contribution in [3.05, 3.63) is 28.8 Å². The summed E-state index contributed by atoms with van der Waals surface area (Å²) in [5.74, 6) is 0. The van der Waals surface area contributed by atoms with Crippen molar-refractivity contribution >= 4 is 33.4 Å². The SMILES string of the molecule is CSC1CCC(NS(=O)(=O)c2ccc(C#N)c(Cl)c2)CC1. The fourth-order valence-electron chi connectivity index (χ4n) is 2.46. The molecule has 0 radical (unpaired) electrons. The molecule has 0 aromatic heterocycles. The standard InChI is InChI=1S/C14H17ClN2O2S2/c1-20-12-5-3-11(4-6-12)17-21(18,19)13-7-2-10(9-16)14(15)8-13/h2,7-8,11-12,17H,3-6H2,1H3. The van der Waals surface area contributed by atoms with Crippen molar-refractivity contribution in [3.8, 4) is 6.07 Å². The summed E-state index contributed by atoms with van der Waals surface area (Å²) in [4.78, 5) is 0.110. The summed E-state index contributed by atoms with van der Waals surface area (Å²) < 4.78 is 27.4. The van der Waals surface area contributed by atoms with Crippen LogP contribution in [-0.2, 0) is 10.0 Å². The number of nitriles is 1. The van der Waals surface area contributed by atoms with Crippen molar-refractivity contribution < 1.29 is 8.42 Å². The van der Waals surface area contributed by atoms with Gasteiger partial charge in [0.05, 0.1) is 15.5 Å². The Hall–Kier alpha value is -0.740. The Morgan fingerprint density at radius 2 is 2.00 bits per heavy atom. The summed E-state index contributed by atoms with van der Waals surface area (Å²) in [7, 11) is -3.58. The molecule has 0 saturated heterocycles. The van der Waals surface area contributed by atoms with Crippen LogP contribution in [0.5, 0.6) is 0 Å². The van der Waals surface area contributed by atoms with E-state index in [1.54, 1.807) is 0 Å². The van der Waals surface area contributed by atoms with Crippen LogP contribution in [0.2, 0.25) is 5.02 Å². The first-order valence-electron chi connectivity index (χ1n) is 6.71. The van der Waals surface area contributed by atoms with E-state index in [1.165, 1.54) is 18.2 Å².